The van der Waals surface area contributed by atoms with Crippen molar-refractivity contribution in [2.75, 3.05) is 33.0 Å². The third-order valence-corrected chi connectivity index (χ3v) is 3.53. The van der Waals surface area contributed by atoms with E-state index in [9.17, 15) is 0 Å². The van der Waals surface area contributed by atoms with E-state index in [1.165, 1.54) is 12.8 Å². The van der Waals surface area contributed by atoms with Crippen LogP contribution < -0.4 is 5.32 Å². The molecule has 17 heavy (non-hydrogen) atoms. The van der Waals surface area contributed by atoms with Gasteiger partial charge in [-0.2, -0.15) is 0 Å². The van der Waals surface area contributed by atoms with Crippen LogP contribution in [-0.2, 0) is 9.47 Å². The van der Waals surface area contributed by atoms with Crippen molar-refractivity contribution in [3.05, 3.63) is 0 Å². The summed E-state index contributed by atoms with van der Waals surface area (Å²) in [5, 5.41) is 3.56. The highest BCUT2D eigenvalue weighted by Gasteiger charge is 2.19. The van der Waals surface area contributed by atoms with E-state index in [1.807, 2.05) is 0 Å². The van der Waals surface area contributed by atoms with Crippen LogP contribution in [-0.4, -0.2) is 39.0 Å². The van der Waals surface area contributed by atoms with Crippen molar-refractivity contribution in [1.82, 2.24) is 5.32 Å². The minimum absolute atomic E-state index is 0.590. The van der Waals surface area contributed by atoms with E-state index in [0.29, 0.717) is 6.04 Å². The van der Waals surface area contributed by atoms with E-state index >= 15 is 0 Å². The van der Waals surface area contributed by atoms with Gasteiger partial charge in [-0.05, 0) is 38.0 Å². The summed E-state index contributed by atoms with van der Waals surface area (Å²) >= 11 is 0. The van der Waals surface area contributed by atoms with Gasteiger partial charge in [0, 0.05) is 32.4 Å². The summed E-state index contributed by atoms with van der Waals surface area (Å²) in [4.78, 5) is 0. The molecule has 1 saturated heterocycles. The summed E-state index contributed by atoms with van der Waals surface area (Å²) in [5.74, 6) is 1.52. The highest BCUT2D eigenvalue weighted by atomic mass is 16.5. The summed E-state index contributed by atoms with van der Waals surface area (Å²) in [5.41, 5.74) is 0. The van der Waals surface area contributed by atoms with Crippen molar-refractivity contribution in [3.8, 4) is 0 Å². The molecular weight excluding hydrogens is 214 g/mol. The average molecular weight is 243 g/mol. The normalized spacial score (nSPS) is 19.8. The molecule has 1 fully saturated rings. The molecule has 0 aromatic rings. The minimum atomic E-state index is 0.590. The van der Waals surface area contributed by atoms with Crippen molar-refractivity contribution in [3.63, 3.8) is 0 Å². The zero-order chi connectivity index (χ0) is 12.5. The maximum atomic E-state index is 5.60. The van der Waals surface area contributed by atoms with E-state index in [1.54, 1.807) is 0 Å². The van der Waals surface area contributed by atoms with E-state index in [4.69, 9.17) is 9.47 Å². The number of hydrogen-bond donors (Lipinski definition) is 1. The molecular formula is C14H29NO2. The van der Waals surface area contributed by atoms with Gasteiger partial charge in [-0.1, -0.05) is 13.8 Å². The molecule has 1 atom stereocenters. The summed E-state index contributed by atoms with van der Waals surface area (Å²) in [6.07, 6.45) is 3.56. The lowest BCUT2D eigenvalue weighted by Gasteiger charge is -2.28. The second-order valence-corrected chi connectivity index (χ2v) is 5.49. The largest absolute Gasteiger partial charge is 0.381 e. The van der Waals surface area contributed by atoms with E-state index in [-0.39, 0.29) is 0 Å². The van der Waals surface area contributed by atoms with E-state index in [0.717, 1.165) is 51.2 Å². The van der Waals surface area contributed by atoms with E-state index < -0.39 is 0 Å². The Bertz CT molecular complexity index is 179. The van der Waals surface area contributed by atoms with Crippen LogP contribution in [0.3, 0.4) is 0 Å². The lowest BCUT2D eigenvalue weighted by atomic mass is 9.93. The molecule has 1 aliphatic rings. The molecule has 0 aliphatic carbocycles. The molecule has 3 nitrogen and oxygen atoms in total. The zero-order valence-electron chi connectivity index (χ0n) is 11.7. The van der Waals surface area contributed by atoms with Crippen LogP contribution in [0.4, 0.5) is 0 Å². The Balaban J connectivity index is 1.94. The van der Waals surface area contributed by atoms with Gasteiger partial charge in [-0.25, -0.2) is 0 Å². The second kappa shape index (κ2) is 8.90. The molecule has 0 aromatic carbocycles. The smallest absolute Gasteiger partial charge is 0.0591 e. The molecule has 1 rings (SSSR count). The molecule has 0 aromatic heterocycles. The molecule has 0 bridgehead atoms. The SMILES string of the molecule is CC(C)CCOCCNC(C)C1CCOCC1. The fourth-order valence-electron chi connectivity index (χ4n) is 2.16. The first-order chi connectivity index (χ1) is 8.20. The zero-order valence-corrected chi connectivity index (χ0v) is 11.7. The first-order valence-corrected chi connectivity index (χ1v) is 7.09. The highest BCUT2D eigenvalue weighted by Crippen LogP contribution is 2.18. The maximum absolute atomic E-state index is 5.60. The molecule has 1 aliphatic heterocycles. The van der Waals surface area contributed by atoms with Gasteiger partial charge >= 0.3 is 0 Å². The Hall–Kier alpha value is -0.120. The number of nitrogens with one attached hydrogen (secondary N) is 1. The molecule has 3 heteroatoms. The standard InChI is InChI=1S/C14H29NO2/c1-12(2)4-8-17-11-7-15-13(3)14-5-9-16-10-6-14/h12-15H,4-11H2,1-3H3. The predicted molar refractivity (Wildman–Crippen MR) is 71.3 cm³/mol. The van der Waals surface area contributed by atoms with Gasteiger partial charge in [-0.15, -0.1) is 0 Å². The summed E-state index contributed by atoms with van der Waals surface area (Å²) in [6.45, 7) is 11.3. The average Bonchev–Trinajstić information content (AvgIpc) is 2.34. The van der Waals surface area contributed by atoms with E-state index in [2.05, 4.69) is 26.1 Å². The first-order valence-electron chi connectivity index (χ1n) is 7.09. The first kappa shape index (κ1) is 14.9. The molecule has 0 radical (unpaired) electrons. The van der Waals surface area contributed by atoms with Gasteiger partial charge in [-0.3, -0.25) is 0 Å². The third kappa shape index (κ3) is 7.02. The predicted octanol–water partition coefficient (Wildman–Crippen LogP) is 2.45. The Morgan fingerprint density at radius 1 is 1.18 bits per heavy atom. The van der Waals surface area contributed by atoms with Crippen molar-refractivity contribution >= 4 is 0 Å². The second-order valence-electron chi connectivity index (χ2n) is 5.49. The molecule has 0 spiro atoms. The van der Waals surface area contributed by atoms with Crippen molar-refractivity contribution in [2.45, 2.75) is 46.1 Å². The molecule has 1 N–H and O–H groups in total. The maximum Gasteiger partial charge on any atom is 0.0591 e. The Morgan fingerprint density at radius 2 is 1.88 bits per heavy atom. The third-order valence-electron chi connectivity index (χ3n) is 3.53. The summed E-state index contributed by atoms with van der Waals surface area (Å²) in [7, 11) is 0. The molecule has 1 unspecified atom stereocenters. The Kier molecular flexibility index (Phi) is 7.82. The van der Waals surface area contributed by atoms with Crippen LogP contribution in [0.5, 0.6) is 0 Å². The Labute approximate surface area is 106 Å². The van der Waals surface area contributed by atoms with Gasteiger partial charge in [0.2, 0.25) is 0 Å². The lowest BCUT2D eigenvalue weighted by molar-refractivity contribution is 0.0539. The quantitative estimate of drug-likeness (QED) is 0.664. The van der Waals surface area contributed by atoms with Gasteiger partial charge in [0.05, 0.1) is 6.61 Å². The number of ether oxygens (including phenoxy) is 2. The van der Waals surface area contributed by atoms with Crippen LogP contribution >= 0.6 is 0 Å². The fourth-order valence-corrected chi connectivity index (χ4v) is 2.16. The van der Waals surface area contributed by atoms with Crippen molar-refractivity contribution < 1.29 is 9.47 Å². The van der Waals surface area contributed by atoms with Gasteiger partial charge in [0.25, 0.3) is 0 Å². The molecule has 1 heterocycles. The fraction of sp³-hybridized carbons (Fsp3) is 1.00. The monoisotopic (exact) mass is 243 g/mol. The topological polar surface area (TPSA) is 30.5 Å². The van der Waals surface area contributed by atoms with Crippen LogP contribution in [0, 0.1) is 11.8 Å². The van der Waals surface area contributed by atoms with Gasteiger partial charge in [0.15, 0.2) is 0 Å². The highest BCUT2D eigenvalue weighted by molar-refractivity contribution is 4.74. The van der Waals surface area contributed by atoms with Gasteiger partial charge < -0.3 is 14.8 Å². The number of hydrogen-bond acceptors (Lipinski definition) is 3. The minimum Gasteiger partial charge on any atom is -0.381 e. The van der Waals surface area contributed by atoms with Crippen LogP contribution in [0.15, 0.2) is 0 Å². The lowest BCUT2D eigenvalue weighted by Crippen LogP contribution is -2.38. The molecule has 0 amide bonds. The van der Waals surface area contributed by atoms with Crippen LogP contribution in [0.2, 0.25) is 0 Å². The summed E-state index contributed by atoms with van der Waals surface area (Å²) < 4.78 is 11.0. The molecule has 102 valence electrons. The number of rotatable bonds is 8. The van der Waals surface area contributed by atoms with Crippen molar-refractivity contribution in [1.29, 1.82) is 0 Å². The Morgan fingerprint density at radius 3 is 2.53 bits per heavy atom. The van der Waals surface area contributed by atoms with Gasteiger partial charge in [0.1, 0.15) is 0 Å². The molecule has 0 saturated carbocycles. The van der Waals surface area contributed by atoms with Crippen LogP contribution in [0.1, 0.15) is 40.0 Å². The van der Waals surface area contributed by atoms with Crippen molar-refractivity contribution in [2.24, 2.45) is 11.8 Å². The van der Waals surface area contributed by atoms with Crippen LogP contribution in [0.25, 0.3) is 0 Å². The summed E-state index contributed by atoms with van der Waals surface area (Å²) in [6, 6.07) is 0.590.